The number of nitrogens with one attached hydrogen (secondary N) is 1. The molecule has 1 aromatic carbocycles. The number of carbonyl (C=O) groups is 1. The van der Waals surface area contributed by atoms with Crippen molar-refractivity contribution in [2.75, 3.05) is 10.8 Å². The number of hydrogen-bond donors (Lipinski definition) is 2. The number of rotatable bonds is 3. The minimum atomic E-state index is -3.80. The summed E-state index contributed by atoms with van der Waals surface area (Å²) in [5, 5.41) is 15.3. The van der Waals surface area contributed by atoms with E-state index in [0.717, 1.165) is 4.31 Å². The molecular weight excluding hydrogens is 282 g/mol. The van der Waals surface area contributed by atoms with Crippen LogP contribution in [0.2, 0.25) is 0 Å². The van der Waals surface area contributed by atoms with E-state index in [9.17, 15) is 18.3 Å². The van der Waals surface area contributed by atoms with Crippen molar-refractivity contribution < 1.29 is 18.3 Å². The molecule has 7 nitrogen and oxygen atoms in total. The van der Waals surface area contributed by atoms with Crippen LogP contribution in [0.4, 0.5) is 5.69 Å². The summed E-state index contributed by atoms with van der Waals surface area (Å²) >= 11 is 0. The quantitative estimate of drug-likeness (QED) is 0.870. The summed E-state index contributed by atoms with van der Waals surface area (Å²) in [5.41, 5.74) is 0.910. The van der Waals surface area contributed by atoms with E-state index in [1.54, 1.807) is 24.3 Å². The Morgan fingerprint density at radius 2 is 2.15 bits per heavy atom. The molecule has 2 aromatic rings. The van der Waals surface area contributed by atoms with E-state index in [0.29, 0.717) is 11.3 Å². The first-order valence-corrected chi connectivity index (χ1v) is 7.29. The van der Waals surface area contributed by atoms with E-state index in [-0.39, 0.29) is 11.4 Å². The second kappa shape index (κ2) is 4.34. The van der Waals surface area contributed by atoms with Crippen LogP contribution >= 0.6 is 0 Å². The normalized spacial score (nSPS) is 18.0. The first-order valence-electron chi connectivity index (χ1n) is 5.85. The number of aromatic nitrogens is 2. The Bertz CT molecular complexity index is 755. The highest BCUT2D eigenvalue weighted by molar-refractivity contribution is 7.92. The maximum atomic E-state index is 12.5. The third-order valence-corrected chi connectivity index (χ3v) is 5.03. The second-order valence-corrected chi connectivity index (χ2v) is 6.28. The van der Waals surface area contributed by atoms with Gasteiger partial charge in [0.1, 0.15) is 10.8 Å². The summed E-state index contributed by atoms with van der Waals surface area (Å²) in [4.78, 5) is 11.3. The standard InChI is InChI=1S/C12H11N3O4S/c16-12(17)10-7-15(11-4-2-1-3-9(10)11)20(18,19)8-5-13-14-6-8/h1-6,10H,7H2,(H,13,14)(H,16,17)/t10-/m0/s1. The largest absolute Gasteiger partial charge is 0.481 e. The minimum absolute atomic E-state index is 0.0124. The van der Waals surface area contributed by atoms with Gasteiger partial charge in [-0.2, -0.15) is 5.10 Å². The zero-order chi connectivity index (χ0) is 14.3. The van der Waals surface area contributed by atoms with Gasteiger partial charge in [0, 0.05) is 6.20 Å². The van der Waals surface area contributed by atoms with Crippen LogP contribution in [-0.2, 0) is 14.8 Å². The summed E-state index contributed by atoms with van der Waals surface area (Å²) in [5.74, 6) is -1.89. The number of sulfonamides is 1. The van der Waals surface area contributed by atoms with Crippen molar-refractivity contribution in [3.05, 3.63) is 42.2 Å². The molecule has 1 aromatic heterocycles. The number of carboxylic acid groups (broad SMARTS) is 1. The van der Waals surface area contributed by atoms with E-state index in [1.165, 1.54) is 12.4 Å². The first-order chi connectivity index (χ1) is 9.51. The lowest BCUT2D eigenvalue weighted by atomic mass is 10.0. The van der Waals surface area contributed by atoms with E-state index in [1.807, 2.05) is 0 Å². The molecule has 1 atom stereocenters. The van der Waals surface area contributed by atoms with Crippen molar-refractivity contribution in [2.24, 2.45) is 0 Å². The maximum Gasteiger partial charge on any atom is 0.312 e. The summed E-state index contributed by atoms with van der Waals surface area (Å²) in [6, 6.07) is 6.62. The predicted molar refractivity (Wildman–Crippen MR) is 69.9 cm³/mol. The molecule has 3 rings (SSSR count). The number of para-hydroxylation sites is 1. The molecule has 0 amide bonds. The molecule has 1 aliphatic rings. The highest BCUT2D eigenvalue weighted by Gasteiger charge is 2.39. The van der Waals surface area contributed by atoms with E-state index in [4.69, 9.17) is 0 Å². The SMILES string of the molecule is O=C(O)[C@H]1CN(S(=O)(=O)c2cn[nH]c2)c2ccccc21. The number of aromatic amines is 1. The number of benzene rings is 1. The van der Waals surface area contributed by atoms with Crippen molar-refractivity contribution in [3.63, 3.8) is 0 Å². The maximum absolute atomic E-state index is 12.5. The van der Waals surface area contributed by atoms with Crippen LogP contribution in [0.1, 0.15) is 11.5 Å². The number of H-pyrrole nitrogens is 1. The fourth-order valence-corrected chi connectivity index (χ4v) is 3.73. The first kappa shape index (κ1) is 12.7. The van der Waals surface area contributed by atoms with Gasteiger partial charge < -0.3 is 5.11 Å². The van der Waals surface area contributed by atoms with Crippen LogP contribution in [0.25, 0.3) is 0 Å². The number of anilines is 1. The molecule has 0 spiro atoms. The molecule has 8 heteroatoms. The lowest BCUT2D eigenvalue weighted by molar-refractivity contribution is -0.138. The number of fused-ring (bicyclic) bond motifs is 1. The van der Waals surface area contributed by atoms with E-state index < -0.39 is 21.9 Å². The number of aliphatic carboxylic acids is 1. The monoisotopic (exact) mass is 293 g/mol. The molecule has 104 valence electrons. The van der Waals surface area contributed by atoms with Gasteiger partial charge in [-0.3, -0.25) is 14.2 Å². The van der Waals surface area contributed by atoms with Crippen LogP contribution in [0.5, 0.6) is 0 Å². The fourth-order valence-electron chi connectivity index (χ4n) is 2.32. The number of nitrogens with zero attached hydrogens (tertiary/aromatic N) is 2. The van der Waals surface area contributed by atoms with Crippen LogP contribution in [-0.4, -0.2) is 36.2 Å². The van der Waals surface area contributed by atoms with Crippen molar-refractivity contribution in [2.45, 2.75) is 10.8 Å². The Kier molecular flexibility index (Phi) is 2.75. The fraction of sp³-hybridized carbons (Fsp3) is 0.167. The highest BCUT2D eigenvalue weighted by atomic mass is 32.2. The third kappa shape index (κ3) is 1.76. The van der Waals surface area contributed by atoms with Crippen LogP contribution < -0.4 is 4.31 Å². The Morgan fingerprint density at radius 3 is 2.80 bits per heavy atom. The van der Waals surface area contributed by atoms with E-state index in [2.05, 4.69) is 10.2 Å². The van der Waals surface area contributed by atoms with Crippen molar-refractivity contribution in [3.8, 4) is 0 Å². The van der Waals surface area contributed by atoms with Gasteiger partial charge in [-0.15, -0.1) is 0 Å². The van der Waals surface area contributed by atoms with Gasteiger partial charge in [0.25, 0.3) is 10.0 Å². The van der Waals surface area contributed by atoms with Crippen LogP contribution in [0.3, 0.4) is 0 Å². The lowest BCUT2D eigenvalue weighted by Gasteiger charge is -2.18. The van der Waals surface area contributed by atoms with Gasteiger partial charge in [0.05, 0.1) is 18.4 Å². The zero-order valence-electron chi connectivity index (χ0n) is 10.2. The van der Waals surface area contributed by atoms with Gasteiger partial charge in [-0.1, -0.05) is 18.2 Å². The molecule has 0 unspecified atom stereocenters. The number of hydrogen-bond acceptors (Lipinski definition) is 4. The average Bonchev–Trinajstić information content (AvgIpc) is 3.07. The minimum Gasteiger partial charge on any atom is -0.481 e. The Labute approximate surface area is 114 Å². The molecule has 1 aliphatic heterocycles. The molecule has 0 bridgehead atoms. The molecule has 2 N–H and O–H groups in total. The number of carboxylic acids is 1. The Balaban J connectivity index is 2.12. The molecule has 0 saturated heterocycles. The molecule has 0 saturated carbocycles. The van der Waals surface area contributed by atoms with Crippen molar-refractivity contribution >= 4 is 21.7 Å². The Hall–Kier alpha value is -2.35. The second-order valence-electron chi connectivity index (χ2n) is 4.42. The predicted octanol–water partition coefficient (Wildman–Crippen LogP) is 0.787. The van der Waals surface area contributed by atoms with Crippen molar-refractivity contribution in [1.82, 2.24) is 10.2 Å². The molecule has 2 heterocycles. The average molecular weight is 293 g/mol. The molecule has 20 heavy (non-hydrogen) atoms. The summed E-state index contributed by atoms with van der Waals surface area (Å²) in [6.07, 6.45) is 2.47. The summed E-state index contributed by atoms with van der Waals surface area (Å²) in [6.45, 7) is -0.109. The molecule has 0 radical (unpaired) electrons. The van der Waals surface area contributed by atoms with Crippen molar-refractivity contribution in [1.29, 1.82) is 0 Å². The highest BCUT2D eigenvalue weighted by Crippen LogP contribution is 2.39. The van der Waals surface area contributed by atoms with Gasteiger partial charge in [-0.05, 0) is 11.6 Å². The Morgan fingerprint density at radius 1 is 1.40 bits per heavy atom. The van der Waals surface area contributed by atoms with Gasteiger partial charge >= 0.3 is 5.97 Å². The van der Waals surface area contributed by atoms with Gasteiger partial charge in [0.2, 0.25) is 0 Å². The van der Waals surface area contributed by atoms with Crippen LogP contribution in [0.15, 0.2) is 41.6 Å². The van der Waals surface area contributed by atoms with Gasteiger partial charge in [0.15, 0.2) is 0 Å². The molecular formula is C12H11N3O4S. The third-order valence-electron chi connectivity index (χ3n) is 3.29. The molecule has 0 fully saturated rings. The zero-order valence-corrected chi connectivity index (χ0v) is 11.0. The summed E-state index contributed by atoms with van der Waals surface area (Å²) < 4.78 is 26.1. The lowest BCUT2D eigenvalue weighted by Crippen LogP contribution is -2.31. The van der Waals surface area contributed by atoms with Gasteiger partial charge in [-0.25, -0.2) is 8.42 Å². The molecule has 0 aliphatic carbocycles. The summed E-state index contributed by atoms with van der Waals surface area (Å²) in [7, 11) is -3.80. The van der Waals surface area contributed by atoms with Crippen LogP contribution in [0, 0.1) is 0 Å². The smallest absolute Gasteiger partial charge is 0.312 e. The van der Waals surface area contributed by atoms with E-state index >= 15 is 0 Å². The topological polar surface area (TPSA) is 103 Å².